The molecule has 1 unspecified atom stereocenters. The number of rotatable bonds is 3. The van der Waals surface area contributed by atoms with Crippen molar-refractivity contribution in [1.82, 2.24) is 0 Å². The molecule has 0 saturated heterocycles. The van der Waals surface area contributed by atoms with Crippen LogP contribution in [0.4, 0.5) is 0 Å². The Morgan fingerprint density at radius 2 is 1.41 bits per heavy atom. The molecule has 0 fully saturated rings. The maximum absolute atomic E-state index is 4.82. The molecule has 0 bridgehead atoms. The van der Waals surface area contributed by atoms with Crippen LogP contribution < -0.4 is 24.8 Å². The summed E-state index contributed by atoms with van der Waals surface area (Å²) in [6.07, 6.45) is 8.74. The molecule has 2 aromatic rings. The molecule has 0 saturated carbocycles. The Labute approximate surface area is 212 Å². The predicted molar refractivity (Wildman–Crippen MR) is 123 cm³/mol. The van der Waals surface area contributed by atoms with E-state index in [4.69, 9.17) is 4.65 Å². The minimum absolute atomic E-state index is 0. The second-order valence-corrected chi connectivity index (χ2v) is 18.6. The van der Waals surface area contributed by atoms with Gasteiger partial charge in [0.15, 0.2) is 0 Å². The monoisotopic (exact) mass is 539 g/mol. The Bertz CT molecular complexity index is 760. The predicted octanol–water partition coefficient (Wildman–Crippen LogP) is 1.46. The van der Waals surface area contributed by atoms with Crippen LogP contribution in [0.3, 0.4) is 0 Å². The van der Waals surface area contributed by atoms with E-state index in [1.807, 2.05) is 0 Å². The van der Waals surface area contributed by atoms with Gasteiger partial charge in [0.2, 0.25) is 0 Å². The first-order chi connectivity index (χ1) is 12.1. The van der Waals surface area contributed by atoms with Crippen molar-refractivity contribution in [2.75, 3.05) is 0 Å². The van der Waals surface area contributed by atoms with Gasteiger partial charge in [0, 0.05) is 0 Å². The molecule has 1 atom stereocenters. The fourth-order valence-electron chi connectivity index (χ4n) is 3.51. The van der Waals surface area contributed by atoms with Crippen LogP contribution in [0.5, 0.6) is 0 Å². The summed E-state index contributed by atoms with van der Waals surface area (Å²) in [5.41, 5.74) is 5.47. The molecule has 6 heteroatoms. The largest absolute Gasteiger partial charge is 4.00 e. The third kappa shape index (κ3) is 11.2. The minimum atomic E-state index is -1.11. The summed E-state index contributed by atoms with van der Waals surface area (Å²) < 4.78 is 4.82. The minimum Gasteiger partial charge on any atom is -1.00 e. The van der Waals surface area contributed by atoms with Gasteiger partial charge in [0.1, 0.15) is 0 Å². The molecule has 2 aromatic carbocycles. The summed E-state index contributed by atoms with van der Waals surface area (Å²) in [7, 11) is -2.21. The van der Waals surface area contributed by atoms with E-state index in [0.29, 0.717) is 5.92 Å². The summed E-state index contributed by atoms with van der Waals surface area (Å²) >= 11 is 0. The number of fused-ring (bicyclic) bond motifs is 1. The van der Waals surface area contributed by atoms with E-state index in [1.165, 1.54) is 22.3 Å². The second-order valence-electron chi connectivity index (χ2n) is 9.03. The number of allylic oxidation sites excluding steroid dienone is 3. The molecule has 3 rings (SSSR count). The Hall–Kier alpha value is -0.0931. The van der Waals surface area contributed by atoms with E-state index in [2.05, 4.69) is 113 Å². The molecule has 0 aliphatic heterocycles. The molecule has 1 aliphatic rings. The third-order valence-electron chi connectivity index (χ3n) is 3.95. The van der Waals surface area contributed by atoms with Crippen molar-refractivity contribution in [2.24, 2.45) is 0 Å². The van der Waals surface area contributed by atoms with Gasteiger partial charge in [-0.05, 0) is 11.5 Å². The van der Waals surface area contributed by atoms with Crippen LogP contribution in [0, 0.1) is 6.92 Å². The van der Waals surface area contributed by atoms with E-state index in [1.54, 1.807) is 0 Å². The molecule has 0 aromatic heterocycles. The zero-order chi connectivity index (χ0) is 19.4. The summed E-state index contributed by atoms with van der Waals surface area (Å²) in [4.78, 5) is 0. The molecule has 29 heavy (non-hydrogen) atoms. The Morgan fingerprint density at radius 1 is 0.862 bits per heavy atom. The Morgan fingerprint density at radius 3 is 1.90 bits per heavy atom. The van der Waals surface area contributed by atoms with Crippen molar-refractivity contribution in [3.05, 3.63) is 87.6 Å². The van der Waals surface area contributed by atoms with Crippen molar-refractivity contribution < 1.29 is 51.0 Å². The van der Waals surface area contributed by atoms with Gasteiger partial charge in [-0.15, -0.1) is 23.8 Å². The molecule has 1 nitrogen and oxygen atoms in total. The summed E-state index contributed by atoms with van der Waals surface area (Å²) in [6, 6.07) is 15.2. The van der Waals surface area contributed by atoms with Crippen LogP contribution in [0.2, 0.25) is 39.3 Å². The van der Waals surface area contributed by atoms with Gasteiger partial charge < -0.3 is 29.5 Å². The van der Waals surface area contributed by atoms with Gasteiger partial charge in [-0.1, -0.05) is 105 Å². The average molecular weight is 542 g/mol. The zero-order valence-electron chi connectivity index (χ0n) is 18.6. The van der Waals surface area contributed by atoms with Crippen LogP contribution in [-0.4, -0.2) is 16.5 Å². The van der Waals surface area contributed by atoms with Gasteiger partial charge in [0.05, 0.1) is 0 Å². The first-order valence-corrected chi connectivity index (χ1v) is 16.4. The molecular weight excluding hydrogens is 509 g/mol. The Kier molecular flexibility index (Phi) is 14.3. The molecular formula is C23H33Cl2NSi2Zr. The first-order valence-electron chi connectivity index (χ1n) is 9.46. The maximum Gasteiger partial charge on any atom is 4.00 e. The molecule has 0 heterocycles. The number of aryl methyl sites for hydroxylation is 1. The van der Waals surface area contributed by atoms with Crippen molar-refractivity contribution in [3.63, 3.8) is 0 Å². The van der Waals surface area contributed by atoms with Crippen LogP contribution in [0.25, 0.3) is 10.7 Å². The van der Waals surface area contributed by atoms with Crippen LogP contribution >= 0.6 is 0 Å². The van der Waals surface area contributed by atoms with Crippen molar-refractivity contribution in [3.8, 4) is 0 Å². The molecule has 1 aliphatic carbocycles. The van der Waals surface area contributed by atoms with Gasteiger partial charge in [-0.3, -0.25) is 0 Å². The van der Waals surface area contributed by atoms with Crippen molar-refractivity contribution >= 4 is 22.5 Å². The summed E-state index contributed by atoms with van der Waals surface area (Å²) in [5, 5.41) is 0. The van der Waals surface area contributed by atoms with Gasteiger partial charge in [0.25, 0.3) is 0 Å². The summed E-state index contributed by atoms with van der Waals surface area (Å²) in [5.74, 6) is 0.384. The maximum atomic E-state index is 4.82. The molecule has 156 valence electrons. The fraction of sp³-hybridized carbons (Fsp3) is 0.348. The van der Waals surface area contributed by atoms with Crippen LogP contribution in [0.1, 0.15) is 28.2 Å². The smallest absolute Gasteiger partial charge is 1.00 e. The fourth-order valence-corrected chi connectivity index (χ4v) is 11.6. The van der Waals surface area contributed by atoms with Gasteiger partial charge >= 0.3 is 26.2 Å². The van der Waals surface area contributed by atoms with E-state index in [9.17, 15) is 0 Å². The number of halogens is 2. The normalized spacial score (nSPS) is 14.8. The number of hydrogen-bond donors (Lipinski definition) is 0. The SMILES string of the molecule is C[Si](C)(C)[N-][Si](C)(C)C.Cc1cc2c([cH-]1)C=CC=CC2c1ccccc1.[Cl-].[Cl-].[Zr+4]. The van der Waals surface area contributed by atoms with E-state index in [0.717, 1.165) is 0 Å². The van der Waals surface area contributed by atoms with Crippen LogP contribution in [0.15, 0.2) is 60.7 Å². The van der Waals surface area contributed by atoms with E-state index < -0.39 is 16.5 Å². The number of benzene rings is 1. The number of hydrogen-bond acceptors (Lipinski definition) is 0. The quantitative estimate of drug-likeness (QED) is 0.413. The second kappa shape index (κ2) is 13.3. The van der Waals surface area contributed by atoms with Crippen molar-refractivity contribution in [1.29, 1.82) is 0 Å². The van der Waals surface area contributed by atoms with Crippen LogP contribution in [-0.2, 0) is 26.2 Å². The topological polar surface area (TPSA) is 14.1 Å². The number of nitrogens with zero attached hydrogens (tertiary/aromatic N) is 1. The Balaban J connectivity index is 0. The van der Waals surface area contributed by atoms with E-state index >= 15 is 0 Å². The first kappa shape index (κ1) is 31.1. The van der Waals surface area contributed by atoms with E-state index in [-0.39, 0.29) is 51.0 Å². The third-order valence-corrected chi connectivity index (χ3v) is 9.32. The average Bonchev–Trinajstić information content (AvgIpc) is 2.75. The standard InChI is InChI=1S/C17H15.C6H18NSi2.2ClH.Zr/c1-13-11-15-9-5-6-10-16(17(15)12-13)14-7-3-2-4-8-14;1-8(2,3)7-9(4,5)6;;;/h2-12,16H,1H3;1-6H3;2*1H;/q2*-1;;;+4/p-2. The van der Waals surface area contributed by atoms with Gasteiger partial charge in [-0.25, -0.2) is 0 Å². The molecule has 0 radical (unpaired) electrons. The van der Waals surface area contributed by atoms with Gasteiger partial charge in [-0.2, -0.15) is 17.2 Å². The molecule has 0 amide bonds. The van der Waals surface area contributed by atoms with Crippen molar-refractivity contribution in [2.45, 2.75) is 52.1 Å². The zero-order valence-corrected chi connectivity index (χ0v) is 24.6. The summed E-state index contributed by atoms with van der Waals surface area (Å²) in [6.45, 7) is 15.9. The molecule has 0 N–H and O–H groups in total. The molecule has 0 spiro atoms.